The first kappa shape index (κ1) is 6.53. The van der Waals surface area contributed by atoms with Crippen molar-refractivity contribution in [2.24, 2.45) is 0 Å². The molecule has 0 radical (unpaired) electrons. The number of ether oxygens (including phenoxy) is 1. The molecule has 0 saturated heterocycles. The predicted octanol–water partition coefficient (Wildman–Crippen LogP) is 0.340. The number of carbonyl (C=O) groups excluding carboxylic acids is 1. The van der Waals surface area contributed by atoms with Gasteiger partial charge in [-0.2, -0.15) is 0 Å². The number of hydrogen-bond acceptors (Lipinski definition) is 4. The Kier molecular flexibility index (Phi) is 5.16. The van der Waals surface area contributed by atoms with Crippen molar-refractivity contribution < 1.29 is 18.6 Å². The van der Waals surface area contributed by atoms with Gasteiger partial charge in [-0.25, -0.2) is 4.57 Å². The number of hydrogen-bond donors (Lipinski definition) is 0. The molecule has 0 aliphatic carbocycles. The Morgan fingerprint density at radius 3 is 2.86 bits per heavy atom. The van der Waals surface area contributed by atoms with Crippen LogP contribution in [0.4, 0.5) is 0 Å². The fourth-order valence-corrected chi connectivity index (χ4v) is 0.184. The molecule has 0 aromatic carbocycles. The average molecular weight is 122 g/mol. The highest BCUT2D eigenvalue weighted by Gasteiger charge is 1.77. The third kappa shape index (κ3) is 5.53. The van der Waals surface area contributed by atoms with Gasteiger partial charge >= 0.3 is 8.69 Å². The van der Waals surface area contributed by atoms with Crippen LogP contribution in [0.5, 0.6) is 0 Å². The van der Waals surface area contributed by atoms with E-state index in [0.717, 1.165) is 0 Å². The van der Waals surface area contributed by atoms with Gasteiger partial charge in [0.2, 0.25) is 6.79 Å². The highest BCUT2D eigenvalue weighted by atomic mass is 31.1. The van der Waals surface area contributed by atoms with E-state index in [2.05, 4.69) is 9.26 Å². The zero-order valence-electron chi connectivity index (χ0n) is 3.36. The summed E-state index contributed by atoms with van der Waals surface area (Å²) in [5, 5.41) is 0. The third-order valence-corrected chi connectivity index (χ3v) is 0.452. The second-order valence-corrected chi connectivity index (χ2v) is 0.992. The van der Waals surface area contributed by atoms with Crippen molar-refractivity contribution in [3.05, 3.63) is 0 Å². The van der Waals surface area contributed by atoms with Crippen molar-refractivity contribution in [2.45, 2.75) is 0 Å². The molecule has 0 aliphatic rings. The fourth-order valence-electron chi connectivity index (χ4n) is 0.0797. The van der Waals surface area contributed by atoms with Gasteiger partial charge < -0.3 is 4.74 Å². The molecule has 40 valence electrons. The van der Waals surface area contributed by atoms with Gasteiger partial charge in [0.05, 0.1) is 0 Å². The van der Waals surface area contributed by atoms with Crippen LogP contribution in [0.2, 0.25) is 0 Å². The predicted molar refractivity (Wildman–Crippen MR) is 20.7 cm³/mol. The molecule has 0 bridgehead atoms. The summed E-state index contributed by atoms with van der Waals surface area (Å²) >= 11 is 0. The van der Waals surface area contributed by atoms with Gasteiger partial charge in [0.25, 0.3) is 6.47 Å². The van der Waals surface area contributed by atoms with Gasteiger partial charge in [-0.15, -0.1) is 0 Å². The molecule has 0 heterocycles. The molecular weight excluding hydrogens is 119 g/mol. The first-order chi connectivity index (χ1) is 3.41. The maximum atomic E-state index is 9.36. The second kappa shape index (κ2) is 5.53. The lowest BCUT2D eigenvalue weighted by Crippen LogP contribution is -1.88. The summed E-state index contributed by atoms with van der Waals surface area (Å²) in [6.07, 6.45) is 0. The van der Waals surface area contributed by atoms with Crippen LogP contribution in [-0.2, 0) is 18.6 Å². The van der Waals surface area contributed by atoms with Gasteiger partial charge in [0.1, 0.15) is 0 Å². The molecule has 0 aromatic heterocycles. The zero-order chi connectivity index (χ0) is 5.54. The summed E-state index contributed by atoms with van der Waals surface area (Å²) in [6, 6.07) is 0. The van der Waals surface area contributed by atoms with Crippen LogP contribution in [0, 0.1) is 0 Å². The van der Waals surface area contributed by atoms with E-state index in [1.165, 1.54) is 0 Å². The minimum Gasteiger partial charge on any atom is -0.440 e. The Hall–Kier alpha value is -0.470. The van der Waals surface area contributed by atoms with Crippen molar-refractivity contribution in [2.75, 3.05) is 6.79 Å². The molecule has 0 aromatic rings. The SMILES string of the molecule is O=COCOP=O. The van der Waals surface area contributed by atoms with Crippen molar-refractivity contribution in [3.63, 3.8) is 0 Å². The maximum absolute atomic E-state index is 9.36. The molecule has 0 saturated carbocycles. The molecule has 0 rings (SSSR count). The van der Waals surface area contributed by atoms with Crippen LogP contribution in [0.3, 0.4) is 0 Å². The van der Waals surface area contributed by atoms with Crippen molar-refractivity contribution in [3.8, 4) is 0 Å². The fraction of sp³-hybridized carbons (Fsp3) is 0.500. The van der Waals surface area contributed by atoms with Crippen molar-refractivity contribution in [1.82, 2.24) is 0 Å². The lowest BCUT2D eigenvalue weighted by atomic mass is 11.4. The minimum absolute atomic E-state index is 0.213. The minimum atomic E-state index is -0.479. The van der Waals surface area contributed by atoms with E-state index in [1.807, 2.05) is 0 Å². The maximum Gasteiger partial charge on any atom is 0.330 e. The van der Waals surface area contributed by atoms with E-state index < -0.39 is 8.69 Å². The average Bonchev–Trinajstić information content (AvgIpc) is 1.69. The molecule has 5 heteroatoms. The van der Waals surface area contributed by atoms with Crippen LogP contribution in [0.25, 0.3) is 0 Å². The zero-order valence-corrected chi connectivity index (χ0v) is 4.26. The van der Waals surface area contributed by atoms with Crippen LogP contribution in [-0.4, -0.2) is 13.3 Å². The van der Waals surface area contributed by atoms with Crippen LogP contribution >= 0.6 is 8.69 Å². The summed E-state index contributed by atoms with van der Waals surface area (Å²) in [4.78, 5) is 9.27. The van der Waals surface area contributed by atoms with E-state index >= 15 is 0 Å². The number of carbonyl (C=O) groups is 1. The molecule has 0 N–H and O–H groups in total. The highest BCUT2D eigenvalue weighted by Crippen LogP contribution is 1.90. The third-order valence-electron chi connectivity index (χ3n) is 0.241. The van der Waals surface area contributed by atoms with E-state index in [4.69, 9.17) is 0 Å². The molecule has 0 aliphatic heterocycles. The van der Waals surface area contributed by atoms with E-state index in [1.54, 1.807) is 0 Å². The molecule has 7 heavy (non-hydrogen) atoms. The van der Waals surface area contributed by atoms with Gasteiger partial charge in [-0.3, -0.25) is 9.32 Å². The van der Waals surface area contributed by atoms with Gasteiger partial charge in [0, 0.05) is 0 Å². The van der Waals surface area contributed by atoms with Gasteiger partial charge in [0.15, 0.2) is 0 Å². The van der Waals surface area contributed by atoms with Crippen molar-refractivity contribution >= 4 is 15.2 Å². The monoisotopic (exact) mass is 122 g/mol. The highest BCUT2D eigenvalue weighted by molar-refractivity contribution is 7.17. The summed E-state index contributed by atoms with van der Waals surface area (Å²) in [5.41, 5.74) is 0. The van der Waals surface area contributed by atoms with Crippen LogP contribution in [0.15, 0.2) is 0 Å². The Balaban J connectivity index is 2.68. The molecule has 0 unspecified atom stereocenters. The molecule has 4 nitrogen and oxygen atoms in total. The van der Waals surface area contributed by atoms with Crippen molar-refractivity contribution in [1.29, 1.82) is 0 Å². The Labute approximate surface area is 41.7 Å². The lowest BCUT2D eigenvalue weighted by Gasteiger charge is -1.86. The molecule has 0 spiro atoms. The quantitative estimate of drug-likeness (QED) is 0.233. The Morgan fingerprint density at radius 1 is 1.71 bits per heavy atom. The van der Waals surface area contributed by atoms with Crippen LogP contribution in [0.1, 0.15) is 0 Å². The standard InChI is InChI=1S/C2H3O4P/c3-1-5-2-6-7-4/h1H,2H2. The summed E-state index contributed by atoms with van der Waals surface area (Å²) < 4.78 is 17.4. The smallest absolute Gasteiger partial charge is 0.330 e. The second-order valence-electron chi connectivity index (χ2n) is 0.584. The topological polar surface area (TPSA) is 52.6 Å². The van der Waals surface area contributed by atoms with Gasteiger partial charge in [-0.05, 0) is 0 Å². The first-order valence-electron chi connectivity index (χ1n) is 1.41. The molecule has 0 atom stereocenters. The van der Waals surface area contributed by atoms with Crippen LogP contribution < -0.4 is 0 Å². The van der Waals surface area contributed by atoms with E-state index in [9.17, 15) is 9.36 Å². The van der Waals surface area contributed by atoms with E-state index in [-0.39, 0.29) is 13.3 Å². The lowest BCUT2D eigenvalue weighted by molar-refractivity contribution is -0.134. The van der Waals surface area contributed by atoms with E-state index in [0.29, 0.717) is 0 Å². The Morgan fingerprint density at radius 2 is 2.43 bits per heavy atom. The molecular formula is C2H3O4P. The number of rotatable bonds is 4. The molecule has 0 amide bonds. The summed E-state index contributed by atoms with van der Waals surface area (Å²) in [6.45, 7) is -0.0419. The largest absolute Gasteiger partial charge is 0.440 e. The molecule has 0 fully saturated rings. The normalized spacial score (nSPS) is 8.57. The first-order valence-corrected chi connectivity index (χ1v) is 2.14. The summed E-state index contributed by atoms with van der Waals surface area (Å²) in [5.74, 6) is 0. The van der Waals surface area contributed by atoms with Gasteiger partial charge in [-0.1, -0.05) is 0 Å². The Bertz CT molecular complexity index is 54.7. The summed E-state index contributed by atoms with van der Waals surface area (Å²) in [7, 11) is -0.479.